The number of esters is 1. The summed E-state index contributed by atoms with van der Waals surface area (Å²) in [4.78, 5) is 24.0. The average Bonchev–Trinajstić information content (AvgIpc) is 2.72. The van der Waals surface area contributed by atoms with Crippen LogP contribution in [-0.4, -0.2) is 44.7 Å². The van der Waals surface area contributed by atoms with Gasteiger partial charge in [0.05, 0.1) is 17.7 Å². The summed E-state index contributed by atoms with van der Waals surface area (Å²) in [7, 11) is -2.37. The summed E-state index contributed by atoms with van der Waals surface area (Å²) >= 11 is 6.10. The first kappa shape index (κ1) is 23.9. The van der Waals surface area contributed by atoms with Gasteiger partial charge in [0.15, 0.2) is 5.78 Å². The Labute approximate surface area is 181 Å². The molecule has 0 heterocycles. The first-order chi connectivity index (χ1) is 14.1. The Balaban J connectivity index is 2.29. The van der Waals surface area contributed by atoms with E-state index in [9.17, 15) is 18.0 Å². The lowest BCUT2D eigenvalue weighted by atomic mass is 10.1. The number of nitrogens with zero attached hydrogens (tertiary/aromatic N) is 1. The minimum absolute atomic E-state index is 0.0225. The Morgan fingerprint density at radius 3 is 2.23 bits per heavy atom. The highest BCUT2D eigenvalue weighted by molar-refractivity contribution is 7.89. The van der Waals surface area contributed by atoms with Gasteiger partial charge in [0, 0.05) is 24.2 Å². The van der Waals surface area contributed by atoms with Gasteiger partial charge >= 0.3 is 5.97 Å². The van der Waals surface area contributed by atoms with Crippen molar-refractivity contribution in [3.8, 4) is 5.75 Å². The van der Waals surface area contributed by atoms with Crippen LogP contribution >= 0.6 is 11.6 Å². The molecule has 0 fully saturated rings. The van der Waals surface area contributed by atoms with Crippen LogP contribution in [0, 0.1) is 0 Å². The van der Waals surface area contributed by atoms with E-state index < -0.39 is 16.0 Å². The minimum atomic E-state index is -3.84. The Bertz CT molecular complexity index is 1050. The van der Waals surface area contributed by atoms with Gasteiger partial charge in [0.2, 0.25) is 10.0 Å². The lowest BCUT2D eigenvalue weighted by Gasteiger charge is -2.19. The van der Waals surface area contributed by atoms with E-state index in [-0.39, 0.29) is 41.0 Å². The number of sulfonamides is 1. The second kappa shape index (κ2) is 10.1. The molecule has 0 aliphatic rings. The molecule has 0 amide bonds. The van der Waals surface area contributed by atoms with Crippen LogP contribution in [0.15, 0.2) is 41.3 Å². The van der Waals surface area contributed by atoms with Gasteiger partial charge in [-0.05, 0) is 43.3 Å². The number of ketones is 1. The smallest absolute Gasteiger partial charge is 0.338 e. The van der Waals surface area contributed by atoms with Gasteiger partial charge in [-0.15, -0.1) is 0 Å². The van der Waals surface area contributed by atoms with Crippen LogP contribution < -0.4 is 4.74 Å². The first-order valence-electron chi connectivity index (χ1n) is 9.30. The van der Waals surface area contributed by atoms with Crippen LogP contribution in [0.25, 0.3) is 0 Å². The highest BCUT2D eigenvalue weighted by atomic mass is 35.5. The molecular weight excluding hydrogens is 430 g/mol. The summed E-state index contributed by atoms with van der Waals surface area (Å²) in [6.45, 7) is 5.27. The zero-order valence-corrected chi connectivity index (χ0v) is 18.8. The zero-order valence-electron chi connectivity index (χ0n) is 17.3. The third-order valence-electron chi connectivity index (χ3n) is 4.54. The topological polar surface area (TPSA) is 90.0 Å². The monoisotopic (exact) mass is 453 g/mol. The molecule has 0 saturated heterocycles. The fourth-order valence-electron chi connectivity index (χ4n) is 2.87. The van der Waals surface area contributed by atoms with Gasteiger partial charge in [0.25, 0.3) is 0 Å². The Morgan fingerprint density at radius 2 is 1.67 bits per heavy atom. The van der Waals surface area contributed by atoms with Gasteiger partial charge < -0.3 is 9.47 Å². The summed E-state index contributed by atoms with van der Waals surface area (Å²) in [5.41, 5.74) is 1.02. The van der Waals surface area contributed by atoms with Crippen molar-refractivity contribution < 1.29 is 27.5 Å². The molecule has 0 aliphatic carbocycles. The summed E-state index contributed by atoms with van der Waals surface area (Å²) in [6.07, 6.45) is 0. The van der Waals surface area contributed by atoms with Crippen molar-refractivity contribution in [2.24, 2.45) is 0 Å². The number of hydrogen-bond acceptors (Lipinski definition) is 6. The number of methoxy groups -OCH3 is 1. The van der Waals surface area contributed by atoms with Crippen molar-refractivity contribution in [1.29, 1.82) is 0 Å². The van der Waals surface area contributed by atoms with Crippen LogP contribution in [-0.2, 0) is 21.4 Å². The largest absolute Gasteiger partial charge is 0.496 e. The van der Waals surface area contributed by atoms with Gasteiger partial charge in [-0.3, -0.25) is 4.79 Å². The molecule has 0 radical (unpaired) electrons. The number of benzene rings is 2. The molecule has 0 bridgehead atoms. The molecule has 0 aromatic heterocycles. The van der Waals surface area contributed by atoms with Crippen LogP contribution in [0.1, 0.15) is 47.1 Å². The van der Waals surface area contributed by atoms with Crippen LogP contribution in [0.4, 0.5) is 0 Å². The van der Waals surface area contributed by atoms with Crippen molar-refractivity contribution in [1.82, 2.24) is 4.31 Å². The normalized spacial score (nSPS) is 11.4. The molecule has 0 N–H and O–H groups in total. The predicted octanol–water partition coefficient (Wildman–Crippen LogP) is 3.94. The first-order valence-corrected chi connectivity index (χ1v) is 11.1. The highest BCUT2D eigenvalue weighted by Gasteiger charge is 2.26. The van der Waals surface area contributed by atoms with E-state index in [1.54, 1.807) is 32.0 Å². The second-order valence-corrected chi connectivity index (χ2v) is 8.71. The third-order valence-corrected chi connectivity index (χ3v) is 7.07. The van der Waals surface area contributed by atoms with E-state index in [0.29, 0.717) is 16.9 Å². The third kappa shape index (κ3) is 5.19. The maximum absolute atomic E-state index is 12.8. The van der Waals surface area contributed by atoms with Gasteiger partial charge in [-0.25, -0.2) is 13.2 Å². The second-order valence-electron chi connectivity index (χ2n) is 6.39. The van der Waals surface area contributed by atoms with Gasteiger partial charge in [-0.1, -0.05) is 25.4 Å². The van der Waals surface area contributed by atoms with E-state index in [1.165, 1.54) is 36.5 Å². The fraction of sp³-hybridized carbons (Fsp3) is 0.333. The number of carbonyl (C=O) groups excluding carboxylic acids is 2. The Morgan fingerprint density at radius 1 is 1.03 bits per heavy atom. The van der Waals surface area contributed by atoms with E-state index >= 15 is 0 Å². The van der Waals surface area contributed by atoms with Crippen LogP contribution in [0.3, 0.4) is 0 Å². The van der Waals surface area contributed by atoms with Gasteiger partial charge in [-0.2, -0.15) is 4.31 Å². The molecule has 2 aromatic carbocycles. The highest BCUT2D eigenvalue weighted by Crippen LogP contribution is 2.27. The van der Waals surface area contributed by atoms with Crippen molar-refractivity contribution in [2.75, 3.05) is 20.2 Å². The zero-order chi connectivity index (χ0) is 22.5. The molecule has 0 spiro atoms. The molecule has 0 unspecified atom stereocenters. The number of hydrogen-bond donors (Lipinski definition) is 0. The standard InChI is InChI=1S/C21H24ClNO6S/c1-5-23(6-2)30(26,27)20-12-16(7-9-18(20)22)21(25)29-13-17-11-15(14(3)24)8-10-19(17)28-4/h7-12H,5-6,13H2,1-4H3. The SMILES string of the molecule is CCN(CC)S(=O)(=O)c1cc(C(=O)OCc2cc(C(C)=O)ccc2OC)ccc1Cl. The quantitative estimate of drug-likeness (QED) is 0.422. The van der Waals surface area contributed by atoms with E-state index in [0.717, 1.165) is 0 Å². The van der Waals surface area contributed by atoms with E-state index in [2.05, 4.69) is 0 Å². The lowest BCUT2D eigenvalue weighted by molar-refractivity contribution is 0.0470. The summed E-state index contributed by atoms with van der Waals surface area (Å²) < 4.78 is 37.4. The fourth-order valence-corrected chi connectivity index (χ4v) is 4.83. The molecular formula is C21H24ClNO6S. The molecule has 0 atom stereocenters. The number of Topliss-reactive ketones (excluding diaryl/α,β-unsaturated/α-hetero) is 1. The number of halogens is 1. The van der Waals surface area contributed by atoms with Crippen molar-refractivity contribution in [3.63, 3.8) is 0 Å². The summed E-state index contributed by atoms with van der Waals surface area (Å²) in [5, 5.41) is 0.0225. The molecule has 30 heavy (non-hydrogen) atoms. The Hall–Kier alpha value is -2.42. The molecule has 2 rings (SSSR count). The van der Waals surface area contributed by atoms with Crippen molar-refractivity contribution in [3.05, 3.63) is 58.1 Å². The summed E-state index contributed by atoms with van der Waals surface area (Å²) in [6, 6.07) is 8.79. The maximum Gasteiger partial charge on any atom is 0.338 e. The van der Waals surface area contributed by atoms with Crippen LogP contribution in [0.5, 0.6) is 5.75 Å². The number of carbonyl (C=O) groups is 2. The van der Waals surface area contributed by atoms with Crippen LogP contribution in [0.2, 0.25) is 5.02 Å². The molecule has 0 aliphatic heterocycles. The van der Waals surface area contributed by atoms with Crippen molar-refractivity contribution in [2.45, 2.75) is 32.3 Å². The minimum Gasteiger partial charge on any atom is -0.496 e. The summed E-state index contributed by atoms with van der Waals surface area (Å²) in [5.74, 6) is -0.388. The average molecular weight is 454 g/mol. The predicted molar refractivity (Wildman–Crippen MR) is 114 cm³/mol. The molecule has 162 valence electrons. The lowest BCUT2D eigenvalue weighted by Crippen LogP contribution is -2.31. The van der Waals surface area contributed by atoms with E-state index in [1.807, 2.05) is 0 Å². The maximum atomic E-state index is 12.8. The molecule has 0 saturated carbocycles. The van der Waals surface area contributed by atoms with Gasteiger partial charge in [0.1, 0.15) is 17.3 Å². The van der Waals surface area contributed by atoms with Crippen molar-refractivity contribution >= 4 is 33.4 Å². The molecule has 9 heteroatoms. The molecule has 7 nitrogen and oxygen atoms in total. The number of rotatable bonds is 9. The number of ether oxygens (including phenoxy) is 2. The van der Waals surface area contributed by atoms with E-state index in [4.69, 9.17) is 21.1 Å². The molecule has 2 aromatic rings. The Kier molecular flexibility index (Phi) is 8.00.